The van der Waals surface area contributed by atoms with E-state index in [1.807, 2.05) is 0 Å². The van der Waals surface area contributed by atoms with E-state index in [1.165, 1.54) is 77.2 Å². The van der Waals surface area contributed by atoms with E-state index in [0.29, 0.717) is 0 Å². The molecule has 54 heavy (non-hydrogen) atoms. The Hall–Kier alpha value is -6.70. The van der Waals surface area contributed by atoms with Crippen molar-refractivity contribution in [3.63, 3.8) is 0 Å². The van der Waals surface area contributed by atoms with Gasteiger partial charge in [-0.2, -0.15) is 0 Å². The average Bonchev–Trinajstić information content (AvgIpc) is 3.47. The lowest BCUT2D eigenvalue weighted by Gasteiger charge is -2.27. The van der Waals surface area contributed by atoms with Crippen molar-refractivity contribution in [2.75, 3.05) is 4.90 Å². The van der Waals surface area contributed by atoms with Crippen LogP contribution in [0, 0.1) is 0 Å². The van der Waals surface area contributed by atoms with Gasteiger partial charge in [-0.25, -0.2) is 0 Å². The van der Waals surface area contributed by atoms with E-state index in [0.717, 1.165) is 17.1 Å². The standard InChI is InChI=1S/C53H39N/c1-53(2)51-19-11-10-18-48(51)50-35-44(32-33-52(50)53)54(42-28-24-39(25-29-42)38-22-20-37(21-23-38)36-12-4-3-5-13-36)43-30-26-40(27-31-43)49-34-41-14-6-7-15-45(41)46-16-8-9-17-47(46)49/h3-35H,1-2H3. The van der Waals surface area contributed by atoms with Gasteiger partial charge in [0.05, 0.1) is 0 Å². The lowest BCUT2D eigenvalue weighted by atomic mass is 9.82. The molecule has 0 saturated heterocycles. The van der Waals surface area contributed by atoms with Crippen LogP contribution in [0.15, 0.2) is 200 Å². The molecule has 9 aromatic rings. The molecule has 1 aliphatic rings. The molecule has 1 heteroatoms. The number of fused-ring (bicyclic) bond motifs is 6. The number of rotatable bonds is 6. The van der Waals surface area contributed by atoms with E-state index in [9.17, 15) is 0 Å². The first kappa shape index (κ1) is 32.0. The Labute approximate surface area is 317 Å². The molecular weight excluding hydrogens is 651 g/mol. The van der Waals surface area contributed by atoms with Crippen molar-refractivity contribution < 1.29 is 0 Å². The van der Waals surface area contributed by atoms with E-state index in [-0.39, 0.29) is 5.41 Å². The molecule has 0 aliphatic heterocycles. The number of anilines is 3. The maximum absolute atomic E-state index is 2.40. The minimum Gasteiger partial charge on any atom is -0.310 e. The Kier molecular flexibility index (Phi) is 7.56. The number of hydrogen-bond donors (Lipinski definition) is 0. The van der Waals surface area contributed by atoms with Crippen LogP contribution in [0.3, 0.4) is 0 Å². The van der Waals surface area contributed by atoms with E-state index >= 15 is 0 Å². The van der Waals surface area contributed by atoms with Gasteiger partial charge in [-0.15, -0.1) is 0 Å². The van der Waals surface area contributed by atoms with Gasteiger partial charge in [0, 0.05) is 22.5 Å². The van der Waals surface area contributed by atoms with Gasteiger partial charge in [0.2, 0.25) is 0 Å². The first-order valence-electron chi connectivity index (χ1n) is 18.8. The van der Waals surface area contributed by atoms with Gasteiger partial charge in [0.1, 0.15) is 0 Å². The third-order valence-electron chi connectivity index (χ3n) is 11.5. The Morgan fingerprint density at radius 1 is 0.315 bits per heavy atom. The second kappa shape index (κ2) is 12.8. The maximum Gasteiger partial charge on any atom is 0.0468 e. The molecule has 0 unspecified atom stereocenters. The highest BCUT2D eigenvalue weighted by molar-refractivity contribution is 6.13. The van der Waals surface area contributed by atoms with Crippen molar-refractivity contribution in [2.45, 2.75) is 19.3 Å². The van der Waals surface area contributed by atoms with Gasteiger partial charge in [-0.1, -0.05) is 172 Å². The monoisotopic (exact) mass is 689 g/mol. The molecule has 1 nitrogen and oxygen atoms in total. The van der Waals surface area contributed by atoms with E-state index in [4.69, 9.17) is 0 Å². The summed E-state index contributed by atoms with van der Waals surface area (Å²) in [7, 11) is 0. The summed E-state index contributed by atoms with van der Waals surface area (Å²) in [6, 6.07) is 73.3. The maximum atomic E-state index is 2.40. The van der Waals surface area contributed by atoms with Gasteiger partial charge in [-0.3, -0.25) is 0 Å². The van der Waals surface area contributed by atoms with Crippen LogP contribution in [0.2, 0.25) is 0 Å². The molecule has 0 radical (unpaired) electrons. The molecule has 0 heterocycles. The van der Waals surface area contributed by atoms with Gasteiger partial charge in [0.25, 0.3) is 0 Å². The summed E-state index contributed by atoms with van der Waals surface area (Å²) >= 11 is 0. The zero-order valence-corrected chi connectivity index (χ0v) is 30.5. The number of nitrogens with zero attached hydrogens (tertiary/aromatic N) is 1. The minimum atomic E-state index is -0.0444. The van der Waals surface area contributed by atoms with E-state index in [1.54, 1.807) is 0 Å². The lowest BCUT2D eigenvalue weighted by Crippen LogP contribution is -2.15. The molecule has 0 bridgehead atoms. The van der Waals surface area contributed by atoms with Crippen LogP contribution in [0.5, 0.6) is 0 Å². The van der Waals surface area contributed by atoms with Crippen LogP contribution in [0.4, 0.5) is 17.1 Å². The molecule has 0 aromatic heterocycles. The fourth-order valence-electron chi connectivity index (χ4n) is 8.67. The third kappa shape index (κ3) is 5.32. The highest BCUT2D eigenvalue weighted by Crippen LogP contribution is 2.50. The topological polar surface area (TPSA) is 3.24 Å². The molecule has 0 spiro atoms. The summed E-state index contributed by atoms with van der Waals surface area (Å²) in [4.78, 5) is 2.40. The van der Waals surface area contributed by atoms with Crippen molar-refractivity contribution in [1.82, 2.24) is 0 Å². The van der Waals surface area contributed by atoms with Crippen LogP contribution < -0.4 is 4.90 Å². The lowest BCUT2D eigenvalue weighted by molar-refractivity contribution is 0.660. The van der Waals surface area contributed by atoms with Gasteiger partial charge >= 0.3 is 0 Å². The zero-order chi connectivity index (χ0) is 36.2. The SMILES string of the molecule is CC1(C)c2ccccc2-c2cc(N(c3ccc(-c4ccc(-c5ccccc5)cc4)cc3)c3ccc(-c4cc5ccccc5c5ccccc45)cc3)ccc21. The second-order valence-electron chi connectivity index (χ2n) is 15.0. The molecule has 1 aliphatic carbocycles. The summed E-state index contributed by atoms with van der Waals surface area (Å²) in [5, 5.41) is 5.10. The quantitative estimate of drug-likeness (QED) is 0.157. The Bertz CT molecular complexity index is 2810. The fourth-order valence-corrected chi connectivity index (χ4v) is 8.67. The molecule has 0 N–H and O–H groups in total. The largest absolute Gasteiger partial charge is 0.310 e. The smallest absolute Gasteiger partial charge is 0.0468 e. The zero-order valence-electron chi connectivity index (χ0n) is 30.5. The summed E-state index contributed by atoms with van der Waals surface area (Å²) in [6.45, 7) is 4.69. The van der Waals surface area contributed by atoms with Crippen LogP contribution in [-0.2, 0) is 5.41 Å². The molecule has 256 valence electrons. The van der Waals surface area contributed by atoms with E-state index < -0.39 is 0 Å². The van der Waals surface area contributed by atoms with Crippen molar-refractivity contribution >= 4 is 38.6 Å². The molecule has 0 saturated carbocycles. The number of benzene rings is 9. The predicted molar refractivity (Wildman–Crippen MR) is 230 cm³/mol. The van der Waals surface area contributed by atoms with Crippen LogP contribution in [0.1, 0.15) is 25.0 Å². The molecule has 0 amide bonds. The Balaban J connectivity index is 1.07. The van der Waals surface area contributed by atoms with Gasteiger partial charge in [-0.05, 0) is 120 Å². The normalized spacial score (nSPS) is 12.8. The summed E-state index contributed by atoms with van der Waals surface area (Å²) in [5.74, 6) is 0. The number of hydrogen-bond acceptors (Lipinski definition) is 1. The van der Waals surface area contributed by atoms with Crippen LogP contribution >= 0.6 is 0 Å². The van der Waals surface area contributed by atoms with Crippen molar-refractivity contribution in [3.05, 3.63) is 211 Å². The highest BCUT2D eigenvalue weighted by Gasteiger charge is 2.35. The molecule has 0 atom stereocenters. The summed E-state index contributed by atoms with van der Waals surface area (Å²) in [5.41, 5.74) is 16.1. The van der Waals surface area contributed by atoms with Crippen molar-refractivity contribution in [1.29, 1.82) is 0 Å². The molecule has 9 aromatic carbocycles. The summed E-state index contributed by atoms with van der Waals surface area (Å²) < 4.78 is 0. The van der Waals surface area contributed by atoms with Crippen LogP contribution in [0.25, 0.3) is 66.1 Å². The Morgan fingerprint density at radius 2 is 0.796 bits per heavy atom. The van der Waals surface area contributed by atoms with Gasteiger partial charge in [0.15, 0.2) is 0 Å². The average molecular weight is 690 g/mol. The van der Waals surface area contributed by atoms with E-state index in [2.05, 4.69) is 219 Å². The molecule has 10 rings (SSSR count). The minimum absolute atomic E-state index is 0.0444. The summed E-state index contributed by atoms with van der Waals surface area (Å²) in [6.07, 6.45) is 0. The van der Waals surface area contributed by atoms with Crippen molar-refractivity contribution in [3.8, 4) is 44.5 Å². The first-order chi connectivity index (χ1) is 26.5. The third-order valence-corrected chi connectivity index (χ3v) is 11.5. The first-order valence-corrected chi connectivity index (χ1v) is 18.8. The van der Waals surface area contributed by atoms with Crippen LogP contribution in [-0.4, -0.2) is 0 Å². The van der Waals surface area contributed by atoms with Crippen molar-refractivity contribution in [2.24, 2.45) is 0 Å². The Morgan fingerprint density at radius 3 is 1.48 bits per heavy atom. The highest BCUT2D eigenvalue weighted by atomic mass is 15.1. The predicted octanol–water partition coefficient (Wildman–Crippen LogP) is 14.8. The molecular formula is C53H39N. The van der Waals surface area contributed by atoms with Gasteiger partial charge < -0.3 is 4.90 Å². The second-order valence-corrected chi connectivity index (χ2v) is 15.0. The molecule has 0 fully saturated rings. The fraction of sp³-hybridized carbons (Fsp3) is 0.0566.